The Morgan fingerprint density at radius 3 is 2.26 bits per heavy atom. The molecule has 0 aliphatic carbocycles. The molecule has 0 saturated heterocycles. The van der Waals surface area contributed by atoms with Crippen LogP contribution in [-0.2, 0) is 0 Å². The topological polar surface area (TPSA) is 61.6 Å². The maximum absolute atomic E-state index is 6.24. The van der Waals surface area contributed by atoms with Crippen LogP contribution < -0.4 is 16.0 Å². The molecule has 206 valence electrons. The van der Waals surface area contributed by atoms with Crippen LogP contribution in [-0.4, -0.2) is 12.4 Å². The Kier molecular flexibility index (Phi) is 5.40. The zero-order chi connectivity index (χ0) is 28.3. The summed E-state index contributed by atoms with van der Waals surface area (Å²) in [4.78, 5) is 5.34. The molecule has 0 amide bonds. The van der Waals surface area contributed by atoms with E-state index in [1.165, 1.54) is 37.9 Å². The van der Waals surface area contributed by atoms with Gasteiger partial charge in [-0.05, 0) is 61.6 Å². The number of nitrogens with one attached hydrogen (secondary N) is 3. The second-order valence-corrected chi connectivity index (χ2v) is 11.3. The number of rotatable bonds is 3. The zero-order valence-corrected chi connectivity index (χ0v) is 23.3. The van der Waals surface area contributed by atoms with Crippen molar-refractivity contribution in [1.82, 2.24) is 10.6 Å². The molecule has 2 atom stereocenters. The second-order valence-electron chi connectivity index (χ2n) is 11.3. The van der Waals surface area contributed by atoms with Gasteiger partial charge in [-0.2, -0.15) is 0 Å². The molecule has 5 heteroatoms. The number of hydrogen-bond acceptors (Lipinski definition) is 5. The number of fused-ring (bicyclic) bond motifs is 7. The third-order valence-corrected chi connectivity index (χ3v) is 8.75. The number of anilines is 1. The van der Waals surface area contributed by atoms with E-state index < -0.39 is 0 Å². The number of furan rings is 1. The minimum atomic E-state index is -0.256. The molecule has 0 spiro atoms. The first-order valence-electron chi connectivity index (χ1n) is 14.8. The third kappa shape index (κ3) is 3.93. The Morgan fingerprint density at radius 1 is 0.651 bits per heavy atom. The number of nitrogens with zero attached hydrogens (tertiary/aromatic N) is 1. The van der Waals surface area contributed by atoms with Crippen molar-refractivity contribution in [2.24, 2.45) is 4.99 Å². The largest absolute Gasteiger partial charge is 0.440 e. The van der Waals surface area contributed by atoms with Gasteiger partial charge in [-0.25, -0.2) is 4.99 Å². The van der Waals surface area contributed by atoms with E-state index in [2.05, 4.69) is 131 Å². The summed E-state index contributed by atoms with van der Waals surface area (Å²) in [5.41, 5.74) is 5.29. The van der Waals surface area contributed by atoms with Crippen molar-refractivity contribution < 1.29 is 4.42 Å². The van der Waals surface area contributed by atoms with Crippen LogP contribution >= 0.6 is 0 Å². The Morgan fingerprint density at radius 2 is 1.37 bits per heavy atom. The van der Waals surface area contributed by atoms with Gasteiger partial charge in [0.05, 0.1) is 5.56 Å². The minimum Gasteiger partial charge on any atom is -0.440 e. The maximum atomic E-state index is 6.24. The lowest BCUT2D eigenvalue weighted by Gasteiger charge is -2.34. The molecule has 0 fully saturated rings. The lowest BCUT2D eigenvalue weighted by atomic mass is 9.94. The third-order valence-electron chi connectivity index (χ3n) is 8.75. The highest BCUT2D eigenvalue weighted by Gasteiger charge is 2.31. The first-order valence-corrected chi connectivity index (χ1v) is 14.8. The summed E-state index contributed by atoms with van der Waals surface area (Å²) in [6.07, 6.45) is 1.78. The predicted molar refractivity (Wildman–Crippen MR) is 177 cm³/mol. The van der Waals surface area contributed by atoms with Crippen molar-refractivity contribution in [3.63, 3.8) is 0 Å². The van der Waals surface area contributed by atoms with Crippen LogP contribution in [0, 0.1) is 0 Å². The van der Waals surface area contributed by atoms with Gasteiger partial charge in [0.15, 0.2) is 0 Å². The van der Waals surface area contributed by atoms with Crippen LogP contribution in [0.25, 0.3) is 48.9 Å². The smallest absolute Gasteiger partial charge is 0.202 e. The van der Waals surface area contributed by atoms with E-state index in [1.54, 1.807) is 0 Å². The average molecular weight is 557 g/mol. The van der Waals surface area contributed by atoms with Gasteiger partial charge in [-0.3, -0.25) is 5.32 Å². The van der Waals surface area contributed by atoms with Gasteiger partial charge >= 0.3 is 0 Å². The van der Waals surface area contributed by atoms with Crippen LogP contribution in [0.2, 0.25) is 0 Å². The minimum absolute atomic E-state index is 0.184. The molecule has 2 aliphatic heterocycles. The molecular formula is C38H28N4O. The molecule has 43 heavy (non-hydrogen) atoms. The molecular weight excluding hydrogens is 528 g/mol. The van der Waals surface area contributed by atoms with Crippen molar-refractivity contribution in [3.05, 3.63) is 144 Å². The molecule has 6 aromatic carbocycles. The Labute approximate surface area is 248 Å². The number of hydrogen-bond donors (Lipinski definition) is 3. The first-order chi connectivity index (χ1) is 21.3. The van der Waals surface area contributed by atoms with Crippen LogP contribution in [0.3, 0.4) is 0 Å². The summed E-state index contributed by atoms with van der Waals surface area (Å²) in [5.74, 6) is 1.64. The van der Waals surface area contributed by atoms with E-state index in [0.29, 0.717) is 6.54 Å². The van der Waals surface area contributed by atoms with Crippen molar-refractivity contribution >= 4 is 60.6 Å². The maximum Gasteiger partial charge on any atom is 0.202 e. The van der Waals surface area contributed by atoms with Gasteiger partial charge in [-0.15, -0.1) is 0 Å². The molecule has 7 aromatic rings. The molecule has 2 unspecified atom stereocenters. The summed E-state index contributed by atoms with van der Waals surface area (Å²) in [6.45, 7) is 0.667. The number of aliphatic imine (C=N–C) groups is 1. The number of benzene rings is 6. The molecule has 0 radical (unpaired) electrons. The van der Waals surface area contributed by atoms with Gasteiger partial charge in [0, 0.05) is 17.5 Å². The van der Waals surface area contributed by atoms with Gasteiger partial charge in [0.25, 0.3) is 0 Å². The fourth-order valence-corrected chi connectivity index (χ4v) is 6.73. The van der Waals surface area contributed by atoms with Crippen LogP contribution in [0.15, 0.2) is 137 Å². The molecule has 2 aliphatic rings. The van der Waals surface area contributed by atoms with Crippen LogP contribution in [0.4, 0.5) is 5.88 Å². The molecule has 9 rings (SSSR count). The SMILES string of the molecule is C1=C(C2=NC(c3ccc4ccccc4c3)NC(c3cc4ccccc4c4ccccc34)N2)c2c(oc3ccccc23)NC1. The van der Waals surface area contributed by atoms with Gasteiger partial charge < -0.3 is 15.1 Å². The van der Waals surface area contributed by atoms with E-state index in [-0.39, 0.29) is 12.3 Å². The Bertz CT molecular complexity index is 2280. The number of amidine groups is 1. The van der Waals surface area contributed by atoms with Crippen molar-refractivity contribution in [1.29, 1.82) is 0 Å². The lowest BCUT2D eigenvalue weighted by Crippen LogP contribution is -2.45. The summed E-state index contributed by atoms with van der Waals surface area (Å²) in [6, 6.07) is 43.0. The van der Waals surface area contributed by atoms with Crippen molar-refractivity contribution in [2.45, 2.75) is 12.3 Å². The second kappa shape index (κ2) is 9.58. The lowest BCUT2D eigenvalue weighted by molar-refractivity contribution is 0.412. The molecule has 0 saturated carbocycles. The van der Waals surface area contributed by atoms with Crippen molar-refractivity contribution in [3.8, 4) is 0 Å². The summed E-state index contributed by atoms with van der Waals surface area (Å²) >= 11 is 0. The van der Waals surface area contributed by atoms with E-state index >= 15 is 0 Å². The number of para-hydroxylation sites is 1. The molecule has 3 heterocycles. The standard InChI is InChI=1S/C38H28N4O/c1-2-10-24-21-26(18-17-23(24)9-1)35-40-36(31-19-20-39-38-34(31)30-15-7-8-16-33(30)43-38)42-37(41-35)32-22-25-11-3-4-12-27(25)28-13-5-6-14-29(28)32/h1-19,21-22,35,37,39,41H,20H2,(H,40,42). The summed E-state index contributed by atoms with van der Waals surface area (Å²) in [5, 5.41) is 19.6. The van der Waals surface area contributed by atoms with Gasteiger partial charge in [-0.1, -0.05) is 109 Å². The molecule has 5 nitrogen and oxygen atoms in total. The van der Waals surface area contributed by atoms with Crippen molar-refractivity contribution in [2.75, 3.05) is 11.9 Å². The Hall–Kier alpha value is -5.39. The first kappa shape index (κ1) is 24.2. The normalized spacial score (nSPS) is 18.2. The van der Waals surface area contributed by atoms with E-state index in [1.807, 2.05) is 12.1 Å². The average Bonchev–Trinajstić information content (AvgIpc) is 3.46. The highest BCUT2D eigenvalue weighted by Crippen LogP contribution is 2.40. The highest BCUT2D eigenvalue weighted by atomic mass is 16.3. The van der Waals surface area contributed by atoms with E-state index in [0.717, 1.165) is 39.4 Å². The fourth-order valence-electron chi connectivity index (χ4n) is 6.73. The molecule has 3 N–H and O–H groups in total. The summed E-state index contributed by atoms with van der Waals surface area (Å²) in [7, 11) is 0. The molecule has 1 aromatic heterocycles. The summed E-state index contributed by atoms with van der Waals surface area (Å²) < 4.78 is 6.24. The van der Waals surface area contributed by atoms with Crippen LogP contribution in [0.5, 0.6) is 0 Å². The zero-order valence-electron chi connectivity index (χ0n) is 23.3. The monoisotopic (exact) mass is 556 g/mol. The quantitative estimate of drug-likeness (QED) is 0.191. The van der Waals surface area contributed by atoms with E-state index in [4.69, 9.17) is 9.41 Å². The van der Waals surface area contributed by atoms with Crippen LogP contribution in [0.1, 0.15) is 29.0 Å². The van der Waals surface area contributed by atoms with E-state index in [9.17, 15) is 0 Å². The fraction of sp³-hybridized carbons (Fsp3) is 0.0789. The van der Waals surface area contributed by atoms with Gasteiger partial charge in [0.2, 0.25) is 5.88 Å². The Balaban J connectivity index is 1.24. The molecule has 0 bridgehead atoms. The van der Waals surface area contributed by atoms with Gasteiger partial charge in [0.1, 0.15) is 23.8 Å². The predicted octanol–water partition coefficient (Wildman–Crippen LogP) is 8.69. The highest BCUT2D eigenvalue weighted by molar-refractivity contribution is 6.27.